The van der Waals surface area contributed by atoms with Crippen LogP contribution < -0.4 is 11.1 Å². The fraction of sp³-hybridized carbons (Fsp3) is 0.385. The zero-order valence-corrected chi connectivity index (χ0v) is 13.9. The highest BCUT2D eigenvalue weighted by atomic mass is 35.5. The fourth-order valence-electron chi connectivity index (χ4n) is 2.16. The molecule has 0 atom stereocenters. The lowest BCUT2D eigenvalue weighted by molar-refractivity contribution is -0.141. The molecular weight excluding hydrogens is 365 g/mol. The van der Waals surface area contributed by atoms with Crippen molar-refractivity contribution in [2.75, 3.05) is 5.32 Å². The van der Waals surface area contributed by atoms with Crippen LogP contribution in [0.25, 0.3) is 0 Å². The summed E-state index contributed by atoms with van der Waals surface area (Å²) >= 11 is 5.62. The Hall–Kier alpha value is -2.56. The van der Waals surface area contributed by atoms with Crippen LogP contribution in [0.3, 0.4) is 0 Å². The number of anilines is 1. The van der Waals surface area contributed by atoms with Crippen molar-refractivity contribution in [3.8, 4) is 0 Å². The Labute approximate surface area is 144 Å². The molecule has 0 bridgehead atoms. The van der Waals surface area contributed by atoms with Crippen molar-refractivity contribution in [3.63, 3.8) is 0 Å². The molecule has 12 heteroatoms. The molecule has 0 fully saturated rings. The highest BCUT2D eigenvalue weighted by Gasteiger charge is 2.38. The number of amides is 2. The van der Waals surface area contributed by atoms with E-state index in [1.165, 1.54) is 17.8 Å². The lowest BCUT2D eigenvalue weighted by Crippen LogP contribution is -2.24. The summed E-state index contributed by atoms with van der Waals surface area (Å²) in [6.45, 7) is 2.84. The summed E-state index contributed by atoms with van der Waals surface area (Å²) in [5.74, 6) is -1.51. The van der Waals surface area contributed by atoms with Crippen LogP contribution >= 0.6 is 11.6 Å². The Bertz CT molecular complexity index is 827. The van der Waals surface area contributed by atoms with E-state index in [-0.39, 0.29) is 17.1 Å². The van der Waals surface area contributed by atoms with E-state index in [9.17, 15) is 22.8 Å². The smallest absolute Gasteiger partial charge is 0.364 e. The van der Waals surface area contributed by atoms with Crippen LogP contribution in [-0.4, -0.2) is 31.4 Å². The van der Waals surface area contributed by atoms with Crippen LogP contribution in [0.5, 0.6) is 0 Å². The molecule has 2 aromatic rings. The molecule has 8 nitrogen and oxygen atoms in total. The first-order chi connectivity index (χ1) is 11.6. The van der Waals surface area contributed by atoms with Crippen LogP contribution in [0.4, 0.5) is 18.9 Å². The Morgan fingerprint density at radius 1 is 1.36 bits per heavy atom. The second-order valence-corrected chi connectivity index (χ2v) is 5.42. The number of primary amides is 1. The molecule has 0 aliphatic rings. The van der Waals surface area contributed by atoms with E-state index in [1.807, 2.05) is 0 Å². The molecule has 0 saturated carbocycles. The van der Waals surface area contributed by atoms with Crippen molar-refractivity contribution in [2.45, 2.75) is 33.1 Å². The maximum Gasteiger partial charge on any atom is 0.436 e. The average molecular weight is 379 g/mol. The van der Waals surface area contributed by atoms with Gasteiger partial charge in [-0.15, -0.1) is 0 Å². The summed E-state index contributed by atoms with van der Waals surface area (Å²) in [7, 11) is 0. The van der Waals surface area contributed by atoms with Gasteiger partial charge in [-0.2, -0.15) is 23.4 Å². The number of nitrogens with two attached hydrogens (primary N) is 1. The molecule has 2 amide bonds. The van der Waals surface area contributed by atoms with Gasteiger partial charge >= 0.3 is 6.18 Å². The number of carbonyl (C=O) groups is 2. The number of carbonyl (C=O) groups excluding carboxylic acids is 2. The highest BCUT2D eigenvalue weighted by Crippen LogP contribution is 2.35. The van der Waals surface area contributed by atoms with Crippen LogP contribution in [0, 0.1) is 6.92 Å². The molecule has 0 aliphatic heterocycles. The Kier molecular flexibility index (Phi) is 5.07. The van der Waals surface area contributed by atoms with Crippen molar-refractivity contribution >= 4 is 29.1 Å². The third-order valence-corrected chi connectivity index (χ3v) is 3.79. The maximum absolute atomic E-state index is 12.8. The normalized spacial score (nSPS) is 11.6. The van der Waals surface area contributed by atoms with Gasteiger partial charge < -0.3 is 11.1 Å². The monoisotopic (exact) mass is 378 g/mol. The van der Waals surface area contributed by atoms with E-state index in [2.05, 4.69) is 15.5 Å². The highest BCUT2D eigenvalue weighted by molar-refractivity contribution is 6.32. The van der Waals surface area contributed by atoms with Crippen molar-refractivity contribution < 1.29 is 22.8 Å². The quantitative estimate of drug-likeness (QED) is 0.827. The molecule has 3 N–H and O–H groups in total. The lowest BCUT2D eigenvalue weighted by Gasteiger charge is -2.07. The van der Waals surface area contributed by atoms with Gasteiger partial charge in [0.05, 0.1) is 22.6 Å². The van der Waals surface area contributed by atoms with Gasteiger partial charge in [-0.05, 0) is 13.8 Å². The van der Waals surface area contributed by atoms with E-state index >= 15 is 0 Å². The first-order valence-electron chi connectivity index (χ1n) is 7.01. The fourth-order valence-corrected chi connectivity index (χ4v) is 2.40. The van der Waals surface area contributed by atoms with Gasteiger partial charge in [-0.25, -0.2) is 0 Å². The molecule has 0 aromatic carbocycles. The van der Waals surface area contributed by atoms with Gasteiger partial charge in [0.25, 0.3) is 5.91 Å². The van der Waals surface area contributed by atoms with Crippen LogP contribution in [0.2, 0.25) is 5.02 Å². The molecule has 2 rings (SSSR count). The second kappa shape index (κ2) is 6.75. The van der Waals surface area contributed by atoms with Crippen molar-refractivity contribution in [2.24, 2.45) is 5.73 Å². The number of halogens is 4. The number of rotatable bonds is 5. The van der Waals surface area contributed by atoms with Crippen LogP contribution in [0.1, 0.15) is 28.8 Å². The molecule has 136 valence electrons. The first kappa shape index (κ1) is 18.8. The van der Waals surface area contributed by atoms with Crippen LogP contribution in [0.15, 0.2) is 6.20 Å². The van der Waals surface area contributed by atoms with E-state index < -0.39 is 35.3 Å². The topological polar surface area (TPSA) is 108 Å². The third-order valence-electron chi connectivity index (χ3n) is 3.34. The number of hydrogen-bond donors (Lipinski definition) is 2. The van der Waals surface area contributed by atoms with Gasteiger partial charge in [0.2, 0.25) is 5.91 Å². The summed E-state index contributed by atoms with van der Waals surface area (Å²) in [6, 6.07) is 0. The molecule has 0 spiro atoms. The summed E-state index contributed by atoms with van der Waals surface area (Å²) in [5, 5.41) is 9.03. The lowest BCUT2D eigenvalue weighted by atomic mass is 10.3. The minimum atomic E-state index is -4.73. The van der Waals surface area contributed by atoms with Gasteiger partial charge in [0.15, 0.2) is 5.69 Å². The SMILES string of the molecule is CCn1ncc(NC(=O)Cn2nc(C(F)(F)F)c(Cl)c2C)c1C(N)=O. The molecule has 2 heterocycles. The van der Waals surface area contributed by atoms with Gasteiger partial charge in [0, 0.05) is 6.54 Å². The Balaban J connectivity index is 2.22. The predicted molar refractivity (Wildman–Crippen MR) is 82.0 cm³/mol. The predicted octanol–water partition coefficient (Wildman–Crippen LogP) is 1.82. The summed E-state index contributed by atoms with van der Waals surface area (Å²) in [4.78, 5) is 23.6. The molecular formula is C13H14ClF3N6O2. The summed E-state index contributed by atoms with van der Waals surface area (Å²) in [5.41, 5.74) is 4.02. The largest absolute Gasteiger partial charge is 0.436 e. The van der Waals surface area contributed by atoms with Gasteiger partial charge in [0.1, 0.15) is 12.2 Å². The summed E-state index contributed by atoms with van der Waals surface area (Å²) in [6.07, 6.45) is -3.50. The number of alkyl halides is 3. The molecule has 0 saturated heterocycles. The Morgan fingerprint density at radius 3 is 2.48 bits per heavy atom. The minimum absolute atomic E-state index is 0.0106. The van der Waals surface area contributed by atoms with E-state index in [0.29, 0.717) is 6.54 Å². The number of aromatic nitrogens is 4. The number of hydrogen-bond acceptors (Lipinski definition) is 4. The Morgan fingerprint density at radius 2 is 2.00 bits per heavy atom. The van der Waals surface area contributed by atoms with E-state index in [4.69, 9.17) is 17.3 Å². The van der Waals surface area contributed by atoms with E-state index in [0.717, 1.165) is 4.68 Å². The maximum atomic E-state index is 12.8. The standard InChI is InChI=1S/C13H14ClF3N6O2/c1-3-22-10(12(18)25)7(4-19-22)20-8(24)5-23-6(2)9(14)11(21-23)13(15,16)17/h4H,3,5H2,1-2H3,(H2,18,25)(H,20,24). The van der Waals surface area contributed by atoms with Crippen molar-refractivity contribution in [3.05, 3.63) is 28.3 Å². The molecule has 2 aromatic heterocycles. The molecule has 0 aliphatic carbocycles. The van der Waals surface area contributed by atoms with Crippen molar-refractivity contribution in [1.82, 2.24) is 19.6 Å². The van der Waals surface area contributed by atoms with Gasteiger partial charge in [-0.1, -0.05) is 11.6 Å². The number of nitrogens with one attached hydrogen (secondary N) is 1. The molecule has 0 radical (unpaired) electrons. The number of nitrogens with zero attached hydrogens (tertiary/aromatic N) is 4. The number of aryl methyl sites for hydroxylation is 1. The van der Waals surface area contributed by atoms with E-state index in [1.54, 1.807) is 6.92 Å². The molecule has 0 unspecified atom stereocenters. The minimum Gasteiger partial charge on any atom is -0.364 e. The summed E-state index contributed by atoms with van der Waals surface area (Å²) < 4.78 is 40.5. The zero-order valence-electron chi connectivity index (χ0n) is 13.2. The second-order valence-electron chi connectivity index (χ2n) is 5.04. The van der Waals surface area contributed by atoms with Gasteiger partial charge in [-0.3, -0.25) is 19.0 Å². The zero-order chi connectivity index (χ0) is 18.9. The average Bonchev–Trinajstić information content (AvgIpc) is 3.02. The third kappa shape index (κ3) is 3.76. The molecule has 25 heavy (non-hydrogen) atoms. The van der Waals surface area contributed by atoms with Crippen LogP contribution in [-0.2, 0) is 24.1 Å². The first-order valence-corrected chi connectivity index (χ1v) is 7.39. The van der Waals surface area contributed by atoms with Crippen molar-refractivity contribution in [1.29, 1.82) is 0 Å².